The quantitative estimate of drug-likeness (QED) is 0.476. The Kier molecular flexibility index (Phi) is 4.77. The molecule has 118 valence electrons. The third-order valence-corrected chi connectivity index (χ3v) is 4.08. The van der Waals surface area contributed by atoms with Crippen molar-refractivity contribution in [2.75, 3.05) is 6.61 Å². The van der Waals surface area contributed by atoms with Crippen molar-refractivity contribution in [1.82, 2.24) is 4.57 Å². The van der Waals surface area contributed by atoms with Gasteiger partial charge in [0.1, 0.15) is 5.75 Å². The lowest BCUT2D eigenvalue weighted by Crippen LogP contribution is -2.04. The second-order valence-electron chi connectivity index (χ2n) is 5.58. The molecule has 0 unspecified atom stereocenters. The first kappa shape index (κ1) is 15.3. The fraction of sp³-hybridized carbons (Fsp3) is 0.250. The Morgan fingerprint density at radius 3 is 2.65 bits per heavy atom. The van der Waals surface area contributed by atoms with Gasteiger partial charge in [0.15, 0.2) is 6.29 Å². The molecular formula is C20H21NO2. The van der Waals surface area contributed by atoms with Gasteiger partial charge in [0, 0.05) is 23.7 Å². The zero-order valence-electron chi connectivity index (χ0n) is 13.4. The summed E-state index contributed by atoms with van der Waals surface area (Å²) in [6, 6.07) is 16.0. The van der Waals surface area contributed by atoms with Crippen molar-refractivity contribution in [3.05, 3.63) is 65.9 Å². The molecule has 3 rings (SSSR count). The summed E-state index contributed by atoms with van der Waals surface area (Å²) in [6.07, 6.45) is 4.76. The van der Waals surface area contributed by atoms with Crippen LogP contribution in [0.25, 0.3) is 10.9 Å². The Balaban J connectivity index is 1.73. The summed E-state index contributed by atoms with van der Waals surface area (Å²) in [6.45, 7) is 3.65. The van der Waals surface area contributed by atoms with Crippen LogP contribution in [0.4, 0.5) is 0 Å². The standard InChI is InChI=1S/C20H21NO2/c1-2-16-8-6-11-19-17(15-22)14-21(20(16)19)12-7-13-23-18-9-4-3-5-10-18/h3-6,8-11,14-15H,2,7,12-13H2,1H3. The van der Waals surface area contributed by atoms with Crippen LogP contribution in [0.15, 0.2) is 54.7 Å². The molecule has 3 aromatic rings. The predicted molar refractivity (Wildman–Crippen MR) is 93.3 cm³/mol. The van der Waals surface area contributed by atoms with Crippen LogP contribution in [0.2, 0.25) is 0 Å². The van der Waals surface area contributed by atoms with Crippen LogP contribution in [0, 0.1) is 0 Å². The SMILES string of the molecule is CCc1cccc2c(C=O)cn(CCCOc3ccccc3)c12. The topological polar surface area (TPSA) is 31.2 Å². The predicted octanol–water partition coefficient (Wildman–Crippen LogP) is 4.49. The summed E-state index contributed by atoms with van der Waals surface area (Å²) in [4.78, 5) is 11.3. The van der Waals surface area contributed by atoms with Gasteiger partial charge < -0.3 is 9.30 Å². The summed E-state index contributed by atoms with van der Waals surface area (Å²) in [5.41, 5.74) is 3.22. The monoisotopic (exact) mass is 307 g/mol. The summed E-state index contributed by atoms with van der Waals surface area (Å²) in [5.74, 6) is 0.896. The summed E-state index contributed by atoms with van der Waals surface area (Å²) in [5, 5.41) is 1.04. The van der Waals surface area contributed by atoms with E-state index in [1.807, 2.05) is 48.7 Å². The smallest absolute Gasteiger partial charge is 0.152 e. The molecule has 0 saturated heterocycles. The zero-order chi connectivity index (χ0) is 16.1. The van der Waals surface area contributed by atoms with Crippen LogP contribution < -0.4 is 4.74 Å². The minimum absolute atomic E-state index is 0.661. The molecule has 0 amide bonds. The first-order chi connectivity index (χ1) is 11.3. The molecule has 0 bridgehead atoms. The van der Waals surface area contributed by atoms with Gasteiger partial charge in [-0.15, -0.1) is 0 Å². The van der Waals surface area contributed by atoms with E-state index in [0.29, 0.717) is 6.61 Å². The van der Waals surface area contributed by atoms with E-state index in [1.54, 1.807) is 0 Å². The zero-order valence-corrected chi connectivity index (χ0v) is 13.4. The number of ether oxygens (including phenoxy) is 1. The maximum Gasteiger partial charge on any atom is 0.152 e. The number of aryl methyl sites for hydroxylation is 2. The third-order valence-electron chi connectivity index (χ3n) is 4.08. The number of aromatic nitrogens is 1. The van der Waals surface area contributed by atoms with Crippen LogP contribution in [-0.4, -0.2) is 17.5 Å². The van der Waals surface area contributed by atoms with Gasteiger partial charge in [-0.05, 0) is 30.5 Å². The van der Waals surface area contributed by atoms with E-state index in [-0.39, 0.29) is 0 Å². The van der Waals surface area contributed by atoms with Crippen LogP contribution in [0.5, 0.6) is 5.75 Å². The number of rotatable bonds is 7. The molecule has 3 nitrogen and oxygen atoms in total. The average molecular weight is 307 g/mol. The Bertz CT molecular complexity index is 790. The average Bonchev–Trinajstić information content (AvgIpc) is 2.98. The molecule has 0 aliphatic rings. The fourth-order valence-corrected chi connectivity index (χ4v) is 2.96. The first-order valence-corrected chi connectivity index (χ1v) is 8.07. The lowest BCUT2D eigenvalue weighted by Gasteiger charge is -2.10. The Hall–Kier alpha value is -2.55. The Labute approximate surface area is 136 Å². The molecule has 2 aromatic carbocycles. The van der Waals surface area contributed by atoms with Crippen molar-refractivity contribution in [2.45, 2.75) is 26.3 Å². The van der Waals surface area contributed by atoms with E-state index in [0.717, 1.165) is 42.4 Å². The maximum atomic E-state index is 11.3. The molecule has 0 spiro atoms. The van der Waals surface area contributed by atoms with E-state index in [9.17, 15) is 4.79 Å². The lowest BCUT2D eigenvalue weighted by molar-refractivity contribution is 0.112. The molecule has 0 saturated carbocycles. The van der Waals surface area contributed by atoms with Gasteiger partial charge in [0.25, 0.3) is 0 Å². The van der Waals surface area contributed by atoms with Crippen molar-refractivity contribution < 1.29 is 9.53 Å². The van der Waals surface area contributed by atoms with Gasteiger partial charge in [-0.3, -0.25) is 4.79 Å². The highest BCUT2D eigenvalue weighted by molar-refractivity contribution is 5.98. The molecule has 0 radical (unpaired) electrons. The number of fused-ring (bicyclic) bond motifs is 1. The highest BCUT2D eigenvalue weighted by atomic mass is 16.5. The molecule has 0 atom stereocenters. The van der Waals surface area contributed by atoms with E-state index >= 15 is 0 Å². The Morgan fingerprint density at radius 2 is 1.91 bits per heavy atom. The number of benzene rings is 2. The second kappa shape index (κ2) is 7.14. The molecule has 0 N–H and O–H groups in total. The van der Waals surface area contributed by atoms with Crippen molar-refractivity contribution in [3.63, 3.8) is 0 Å². The molecular weight excluding hydrogens is 286 g/mol. The van der Waals surface area contributed by atoms with E-state index in [4.69, 9.17) is 4.74 Å². The van der Waals surface area contributed by atoms with Crippen molar-refractivity contribution in [1.29, 1.82) is 0 Å². The highest BCUT2D eigenvalue weighted by Gasteiger charge is 2.10. The van der Waals surface area contributed by atoms with Gasteiger partial charge in [0.05, 0.1) is 12.1 Å². The van der Waals surface area contributed by atoms with E-state index in [2.05, 4.69) is 17.6 Å². The Morgan fingerprint density at radius 1 is 1.09 bits per heavy atom. The number of carbonyl (C=O) groups is 1. The minimum Gasteiger partial charge on any atom is -0.494 e. The van der Waals surface area contributed by atoms with Crippen molar-refractivity contribution in [2.24, 2.45) is 0 Å². The summed E-state index contributed by atoms with van der Waals surface area (Å²) in [7, 11) is 0. The minimum atomic E-state index is 0.661. The van der Waals surface area contributed by atoms with Gasteiger partial charge in [-0.25, -0.2) is 0 Å². The second-order valence-corrected chi connectivity index (χ2v) is 5.58. The number of hydrogen-bond donors (Lipinski definition) is 0. The van der Waals surface area contributed by atoms with Gasteiger partial charge in [-0.1, -0.05) is 43.3 Å². The number of carbonyl (C=O) groups excluding carboxylic acids is 1. The first-order valence-electron chi connectivity index (χ1n) is 8.07. The maximum absolute atomic E-state index is 11.3. The van der Waals surface area contributed by atoms with Crippen molar-refractivity contribution in [3.8, 4) is 5.75 Å². The molecule has 23 heavy (non-hydrogen) atoms. The van der Waals surface area contributed by atoms with Gasteiger partial charge in [0.2, 0.25) is 0 Å². The molecule has 1 aromatic heterocycles. The van der Waals surface area contributed by atoms with Crippen LogP contribution in [0.1, 0.15) is 29.3 Å². The molecule has 0 aliphatic heterocycles. The number of aldehydes is 1. The van der Waals surface area contributed by atoms with Gasteiger partial charge in [-0.2, -0.15) is 0 Å². The summed E-state index contributed by atoms with van der Waals surface area (Å²) >= 11 is 0. The molecule has 0 aliphatic carbocycles. The largest absolute Gasteiger partial charge is 0.494 e. The van der Waals surface area contributed by atoms with Gasteiger partial charge >= 0.3 is 0 Å². The number of para-hydroxylation sites is 2. The van der Waals surface area contributed by atoms with Crippen LogP contribution in [-0.2, 0) is 13.0 Å². The van der Waals surface area contributed by atoms with Crippen LogP contribution >= 0.6 is 0 Å². The van der Waals surface area contributed by atoms with Crippen molar-refractivity contribution >= 4 is 17.2 Å². The fourth-order valence-electron chi connectivity index (χ4n) is 2.96. The number of hydrogen-bond acceptors (Lipinski definition) is 2. The van der Waals surface area contributed by atoms with E-state index < -0.39 is 0 Å². The molecule has 3 heteroatoms. The lowest BCUT2D eigenvalue weighted by atomic mass is 10.1. The molecule has 0 fully saturated rings. The van der Waals surface area contributed by atoms with E-state index in [1.165, 1.54) is 11.1 Å². The highest BCUT2D eigenvalue weighted by Crippen LogP contribution is 2.24. The summed E-state index contributed by atoms with van der Waals surface area (Å²) < 4.78 is 7.93. The number of nitrogens with zero attached hydrogens (tertiary/aromatic N) is 1. The van der Waals surface area contributed by atoms with Crippen LogP contribution in [0.3, 0.4) is 0 Å². The third kappa shape index (κ3) is 3.29. The normalized spacial score (nSPS) is 10.8. The molecule has 1 heterocycles.